The largest absolute Gasteiger partial charge is 0.497 e. The average molecular weight is 356 g/mol. The number of ether oxygens (including phenoxy) is 1. The van der Waals surface area contributed by atoms with Crippen molar-refractivity contribution in [3.05, 3.63) is 34.6 Å². The fraction of sp³-hybridized carbons (Fsp3) is 0.474. The number of benzene rings is 1. The molecular weight excluding hydrogens is 332 g/mol. The molecule has 25 heavy (non-hydrogen) atoms. The highest BCUT2D eigenvalue weighted by molar-refractivity contribution is 7.71. The van der Waals surface area contributed by atoms with Crippen LogP contribution in [0.3, 0.4) is 0 Å². The lowest BCUT2D eigenvalue weighted by Crippen LogP contribution is -2.34. The number of aromatic nitrogens is 3. The monoisotopic (exact) mass is 356 g/mol. The van der Waals surface area contributed by atoms with Gasteiger partial charge in [-0.15, -0.1) is 0 Å². The standard InChI is InChI=1S/C19H24N4OS/c1-13-6-8-21(9-7-13)12-22-19(25)23-17-11-15(24-3)4-5-16(17)14(2)10-18(23)20-22/h4-5,10-11,13H,6-9,12H2,1-3H3. The van der Waals surface area contributed by atoms with E-state index in [1.165, 1.54) is 23.8 Å². The van der Waals surface area contributed by atoms with E-state index in [0.717, 1.165) is 47.4 Å². The maximum Gasteiger partial charge on any atom is 0.204 e. The van der Waals surface area contributed by atoms with Gasteiger partial charge in [-0.05, 0) is 61.7 Å². The number of fused-ring (bicyclic) bond motifs is 3. The van der Waals surface area contributed by atoms with Crippen molar-refractivity contribution in [2.75, 3.05) is 20.2 Å². The summed E-state index contributed by atoms with van der Waals surface area (Å²) in [5.41, 5.74) is 3.15. The number of rotatable bonds is 3. The first kappa shape index (κ1) is 16.5. The molecule has 132 valence electrons. The van der Waals surface area contributed by atoms with Crippen molar-refractivity contribution in [2.45, 2.75) is 33.4 Å². The van der Waals surface area contributed by atoms with Crippen LogP contribution in [0.2, 0.25) is 0 Å². The van der Waals surface area contributed by atoms with Crippen LogP contribution in [0.5, 0.6) is 5.75 Å². The Morgan fingerprint density at radius 1 is 1.24 bits per heavy atom. The van der Waals surface area contributed by atoms with E-state index in [4.69, 9.17) is 22.1 Å². The van der Waals surface area contributed by atoms with Gasteiger partial charge in [0.15, 0.2) is 5.65 Å². The molecule has 0 aliphatic carbocycles. The van der Waals surface area contributed by atoms with Gasteiger partial charge in [0.25, 0.3) is 0 Å². The van der Waals surface area contributed by atoms with Crippen molar-refractivity contribution in [1.82, 2.24) is 19.1 Å². The summed E-state index contributed by atoms with van der Waals surface area (Å²) in [4.78, 5) is 2.44. The molecule has 0 amide bonds. The Morgan fingerprint density at radius 3 is 2.72 bits per heavy atom. The Hall–Kier alpha value is -1.92. The van der Waals surface area contributed by atoms with Crippen molar-refractivity contribution < 1.29 is 4.74 Å². The summed E-state index contributed by atoms with van der Waals surface area (Å²) >= 11 is 5.76. The highest BCUT2D eigenvalue weighted by Gasteiger charge is 2.18. The zero-order valence-electron chi connectivity index (χ0n) is 15.0. The topological polar surface area (TPSA) is 34.7 Å². The molecule has 0 atom stereocenters. The lowest BCUT2D eigenvalue weighted by Gasteiger charge is -2.29. The predicted octanol–water partition coefficient (Wildman–Crippen LogP) is 4.02. The molecule has 6 heteroatoms. The molecule has 0 bridgehead atoms. The fourth-order valence-corrected chi connectivity index (χ4v) is 3.95. The summed E-state index contributed by atoms with van der Waals surface area (Å²) in [5.74, 6) is 1.66. The third-order valence-corrected chi connectivity index (χ3v) is 5.68. The van der Waals surface area contributed by atoms with Gasteiger partial charge in [-0.25, -0.2) is 4.68 Å². The number of likely N-dealkylation sites (tertiary alicyclic amines) is 1. The van der Waals surface area contributed by atoms with Crippen LogP contribution in [-0.2, 0) is 6.67 Å². The highest BCUT2D eigenvalue weighted by Crippen LogP contribution is 2.26. The molecule has 1 fully saturated rings. The summed E-state index contributed by atoms with van der Waals surface area (Å²) in [6, 6.07) is 8.23. The Balaban J connectivity index is 1.81. The number of pyridine rings is 1. The summed E-state index contributed by atoms with van der Waals surface area (Å²) in [6.07, 6.45) is 2.50. The smallest absolute Gasteiger partial charge is 0.204 e. The predicted molar refractivity (Wildman–Crippen MR) is 103 cm³/mol. The van der Waals surface area contributed by atoms with E-state index >= 15 is 0 Å². The molecule has 4 rings (SSSR count). The molecule has 2 aromatic heterocycles. The fourth-order valence-electron chi connectivity index (χ4n) is 3.66. The van der Waals surface area contributed by atoms with Crippen LogP contribution in [0.25, 0.3) is 16.6 Å². The molecule has 0 saturated carbocycles. The Morgan fingerprint density at radius 2 is 2.00 bits per heavy atom. The third-order valence-electron chi connectivity index (χ3n) is 5.29. The van der Waals surface area contributed by atoms with E-state index in [2.05, 4.69) is 35.3 Å². The molecular formula is C19H24N4OS. The Labute approximate surface area is 152 Å². The molecule has 1 saturated heterocycles. The van der Waals surface area contributed by atoms with Crippen LogP contribution in [0.15, 0.2) is 24.3 Å². The van der Waals surface area contributed by atoms with Crippen LogP contribution >= 0.6 is 12.2 Å². The Kier molecular flexibility index (Phi) is 4.25. The second-order valence-corrected chi connectivity index (χ2v) is 7.49. The zero-order chi connectivity index (χ0) is 17.6. The second kappa shape index (κ2) is 6.42. The van der Waals surface area contributed by atoms with Crippen molar-refractivity contribution >= 4 is 28.8 Å². The average Bonchev–Trinajstić information content (AvgIpc) is 2.92. The minimum atomic E-state index is 0.742. The molecule has 0 spiro atoms. The van der Waals surface area contributed by atoms with Gasteiger partial charge in [0.1, 0.15) is 5.75 Å². The molecule has 5 nitrogen and oxygen atoms in total. The van der Waals surface area contributed by atoms with Crippen LogP contribution < -0.4 is 4.74 Å². The molecule has 1 aliphatic rings. The number of piperidine rings is 1. The summed E-state index contributed by atoms with van der Waals surface area (Å²) in [6.45, 7) is 7.44. The minimum absolute atomic E-state index is 0.742. The summed E-state index contributed by atoms with van der Waals surface area (Å²) < 4.78 is 10.2. The van der Waals surface area contributed by atoms with Gasteiger partial charge in [-0.1, -0.05) is 6.92 Å². The molecule has 1 aromatic carbocycles. The third kappa shape index (κ3) is 2.93. The summed E-state index contributed by atoms with van der Waals surface area (Å²) in [7, 11) is 1.69. The number of aryl methyl sites for hydroxylation is 1. The number of hydrogen-bond donors (Lipinski definition) is 0. The van der Waals surface area contributed by atoms with Crippen molar-refractivity contribution in [3.63, 3.8) is 0 Å². The van der Waals surface area contributed by atoms with Gasteiger partial charge in [-0.3, -0.25) is 9.30 Å². The molecule has 0 unspecified atom stereocenters. The van der Waals surface area contributed by atoms with Crippen molar-refractivity contribution in [3.8, 4) is 5.75 Å². The van der Waals surface area contributed by atoms with Crippen LogP contribution in [0, 0.1) is 17.6 Å². The number of hydrogen-bond acceptors (Lipinski definition) is 4. The lowest BCUT2D eigenvalue weighted by molar-refractivity contribution is 0.146. The Bertz CT molecular complexity index is 982. The molecule has 0 N–H and O–H groups in total. The first-order chi connectivity index (χ1) is 12.1. The van der Waals surface area contributed by atoms with Gasteiger partial charge in [0.2, 0.25) is 4.77 Å². The van der Waals surface area contributed by atoms with Gasteiger partial charge in [0.05, 0.1) is 19.3 Å². The first-order valence-electron chi connectivity index (χ1n) is 8.86. The van der Waals surface area contributed by atoms with Crippen LogP contribution in [0.1, 0.15) is 25.3 Å². The molecule has 1 aliphatic heterocycles. The minimum Gasteiger partial charge on any atom is -0.497 e. The SMILES string of the molecule is COc1ccc2c(C)cc3nn(CN4CCC(C)CC4)c(=S)n3c2c1. The van der Waals surface area contributed by atoms with E-state index in [1.807, 2.05) is 16.8 Å². The van der Waals surface area contributed by atoms with Crippen LogP contribution in [0.4, 0.5) is 0 Å². The van der Waals surface area contributed by atoms with Gasteiger partial charge in [-0.2, -0.15) is 5.10 Å². The van der Waals surface area contributed by atoms with Gasteiger partial charge < -0.3 is 4.74 Å². The first-order valence-corrected chi connectivity index (χ1v) is 9.27. The highest BCUT2D eigenvalue weighted by atomic mass is 32.1. The van der Waals surface area contributed by atoms with E-state index in [9.17, 15) is 0 Å². The number of nitrogens with zero attached hydrogens (tertiary/aromatic N) is 4. The van der Waals surface area contributed by atoms with Crippen molar-refractivity contribution in [2.24, 2.45) is 5.92 Å². The van der Waals surface area contributed by atoms with E-state index in [-0.39, 0.29) is 0 Å². The maximum absolute atomic E-state index is 5.76. The molecule has 0 radical (unpaired) electrons. The quantitative estimate of drug-likeness (QED) is 0.664. The number of methoxy groups -OCH3 is 1. The lowest BCUT2D eigenvalue weighted by atomic mass is 10.00. The molecule has 3 aromatic rings. The van der Waals surface area contributed by atoms with Crippen LogP contribution in [-0.4, -0.2) is 39.3 Å². The van der Waals surface area contributed by atoms with E-state index in [1.54, 1.807) is 7.11 Å². The maximum atomic E-state index is 5.76. The van der Waals surface area contributed by atoms with E-state index in [0.29, 0.717) is 0 Å². The van der Waals surface area contributed by atoms with Gasteiger partial charge >= 0.3 is 0 Å². The van der Waals surface area contributed by atoms with E-state index < -0.39 is 0 Å². The van der Waals surface area contributed by atoms with Crippen molar-refractivity contribution in [1.29, 1.82) is 0 Å². The summed E-state index contributed by atoms with van der Waals surface area (Å²) in [5, 5.41) is 5.96. The van der Waals surface area contributed by atoms with Gasteiger partial charge in [0, 0.05) is 24.5 Å². The zero-order valence-corrected chi connectivity index (χ0v) is 15.8. The normalized spacial score (nSPS) is 16.8. The molecule has 3 heterocycles. The second-order valence-electron chi connectivity index (χ2n) is 7.13.